The van der Waals surface area contributed by atoms with E-state index in [0.29, 0.717) is 16.8 Å². The summed E-state index contributed by atoms with van der Waals surface area (Å²) in [6.07, 6.45) is 4.95. The van der Waals surface area contributed by atoms with Gasteiger partial charge in [-0.05, 0) is 46.9 Å². The van der Waals surface area contributed by atoms with Gasteiger partial charge in [-0.3, -0.25) is 4.90 Å². The van der Waals surface area contributed by atoms with Crippen molar-refractivity contribution in [2.24, 2.45) is 0 Å². The van der Waals surface area contributed by atoms with Crippen molar-refractivity contribution >= 4 is 17.7 Å². The molecule has 0 atom stereocenters. The first-order valence-corrected chi connectivity index (χ1v) is 9.85. The number of aromatic carboxylic acids is 1. The Morgan fingerprint density at radius 2 is 1.65 bits per heavy atom. The van der Waals surface area contributed by atoms with Crippen LogP contribution in [-0.4, -0.2) is 30.8 Å². The van der Waals surface area contributed by atoms with Crippen LogP contribution in [-0.2, 0) is 4.74 Å². The van der Waals surface area contributed by atoms with E-state index in [1.165, 1.54) is 17.0 Å². The molecule has 1 amide bonds. The number of amides is 1. The van der Waals surface area contributed by atoms with E-state index < -0.39 is 12.1 Å². The molecule has 1 N–H and O–H groups in total. The van der Waals surface area contributed by atoms with Crippen LogP contribution in [0.1, 0.15) is 38.5 Å². The average Bonchev–Trinajstić information content (AvgIpc) is 3.10. The minimum atomic E-state index is -1.11. The number of rotatable bonds is 4. The summed E-state index contributed by atoms with van der Waals surface area (Å²) in [6.45, 7) is 1.93. The first-order chi connectivity index (χ1) is 14.9. The van der Waals surface area contributed by atoms with Gasteiger partial charge >= 0.3 is 12.1 Å². The second kappa shape index (κ2) is 8.00. The topological polar surface area (TPSA) is 66.8 Å². The molecule has 0 unspecified atom stereocenters. The van der Waals surface area contributed by atoms with Crippen molar-refractivity contribution in [3.05, 3.63) is 88.5 Å². The van der Waals surface area contributed by atoms with Crippen LogP contribution < -0.4 is 4.90 Å². The third kappa shape index (κ3) is 3.53. The first-order valence-electron chi connectivity index (χ1n) is 9.85. The van der Waals surface area contributed by atoms with Gasteiger partial charge in [-0.15, -0.1) is 6.42 Å². The fourth-order valence-corrected chi connectivity index (χ4v) is 4.11. The van der Waals surface area contributed by atoms with Crippen LogP contribution in [0.4, 0.5) is 10.5 Å². The van der Waals surface area contributed by atoms with Gasteiger partial charge in [0.2, 0.25) is 0 Å². The molecule has 0 aromatic heterocycles. The Hall–Kier alpha value is -4.04. The number of hydrogen-bond donors (Lipinski definition) is 1. The zero-order chi connectivity index (χ0) is 22.1. The summed E-state index contributed by atoms with van der Waals surface area (Å²) in [5.74, 6) is 1.31. The van der Waals surface area contributed by atoms with Gasteiger partial charge < -0.3 is 9.84 Å². The third-order valence-corrected chi connectivity index (χ3v) is 5.75. The van der Waals surface area contributed by atoms with Crippen molar-refractivity contribution in [2.75, 3.05) is 18.6 Å². The van der Waals surface area contributed by atoms with Crippen LogP contribution in [0.2, 0.25) is 0 Å². The van der Waals surface area contributed by atoms with Gasteiger partial charge in [0.1, 0.15) is 6.61 Å². The number of carboxylic acids is 1. The summed E-state index contributed by atoms with van der Waals surface area (Å²) in [5.41, 5.74) is 6.04. The van der Waals surface area contributed by atoms with Crippen LogP contribution in [0, 0.1) is 19.3 Å². The number of fused-ring (bicyclic) bond motifs is 3. The molecular formula is C26H21NO4. The second-order valence-electron chi connectivity index (χ2n) is 7.48. The Balaban J connectivity index is 1.59. The molecule has 3 aromatic carbocycles. The zero-order valence-corrected chi connectivity index (χ0v) is 17.3. The zero-order valence-electron chi connectivity index (χ0n) is 17.3. The molecule has 5 nitrogen and oxygen atoms in total. The summed E-state index contributed by atoms with van der Waals surface area (Å²) in [7, 11) is 1.55. The molecule has 4 rings (SSSR count). The Kier molecular flexibility index (Phi) is 5.22. The molecule has 154 valence electrons. The van der Waals surface area contributed by atoms with E-state index in [2.05, 4.69) is 30.2 Å². The van der Waals surface area contributed by atoms with Crippen molar-refractivity contribution in [2.45, 2.75) is 12.8 Å². The largest absolute Gasteiger partial charge is 0.478 e. The number of terminal acetylenes is 1. The predicted molar refractivity (Wildman–Crippen MR) is 120 cm³/mol. The maximum absolute atomic E-state index is 12.9. The van der Waals surface area contributed by atoms with Crippen LogP contribution >= 0.6 is 0 Å². The standard InChI is InChI=1S/C26H21NO4/c1-4-17-13-18(25(28)29)14-24(16(17)2)27(3)26(30)31-15-23-21-11-7-5-9-19(21)20-10-6-8-12-22(20)23/h1,5-14,23H,15H2,2-3H3,(H,28,29). The molecule has 5 heteroatoms. The van der Waals surface area contributed by atoms with Gasteiger partial charge in [-0.1, -0.05) is 54.5 Å². The number of nitrogens with zero attached hydrogens (tertiary/aromatic N) is 1. The van der Waals surface area contributed by atoms with E-state index in [9.17, 15) is 14.7 Å². The highest BCUT2D eigenvalue weighted by molar-refractivity contribution is 5.94. The first kappa shape index (κ1) is 20.2. The van der Waals surface area contributed by atoms with Gasteiger partial charge in [0.25, 0.3) is 0 Å². The minimum absolute atomic E-state index is 0.0202. The smallest absolute Gasteiger partial charge is 0.414 e. The van der Waals surface area contributed by atoms with Crippen molar-refractivity contribution in [1.29, 1.82) is 0 Å². The van der Waals surface area contributed by atoms with E-state index in [1.807, 2.05) is 24.3 Å². The monoisotopic (exact) mass is 411 g/mol. The fraction of sp³-hybridized carbons (Fsp3) is 0.154. The summed E-state index contributed by atoms with van der Waals surface area (Å²) < 4.78 is 5.67. The van der Waals surface area contributed by atoms with Crippen LogP contribution in [0.3, 0.4) is 0 Å². The lowest BCUT2D eigenvalue weighted by molar-refractivity contribution is 0.0696. The molecular weight excluding hydrogens is 390 g/mol. The number of hydrogen-bond acceptors (Lipinski definition) is 3. The minimum Gasteiger partial charge on any atom is -0.478 e. The molecule has 0 heterocycles. The van der Waals surface area contributed by atoms with E-state index >= 15 is 0 Å². The Bertz CT molecular complexity index is 1190. The molecule has 3 aromatic rings. The number of benzene rings is 3. The SMILES string of the molecule is C#Cc1cc(C(=O)O)cc(N(C)C(=O)OCC2c3ccccc3-c3ccccc32)c1C. The number of carbonyl (C=O) groups is 2. The molecule has 1 aliphatic carbocycles. The quantitative estimate of drug-likeness (QED) is 0.610. The lowest BCUT2D eigenvalue weighted by atomic mass is 9.98. The molecule has 0 bridgehead atoms. The van der Waals surface area contributed by atoms with E-state index in [0.717, 1.165) is 22.3 Å². The van der Waals surface area contributed by atoms with Crippen molar-refractivity contribution < 1.29 is 19.4 Å². The molecule has 31 heavy (non-hydrogen) atoms. The van der Waals surface area contributed by atoms with Crippen LogP contribution in [0.5, 0.6) is 0 Å². The molecule has 0 fully saturated rings. The number of carbonyl (C=O) groups excluding carboxylic acids is 1. The summed E-state index contributed by atoms with van der Waals surface area (Å²) >= 11 is 0. The lowest BCUT2D eigenvalue weighted by Gasteiger charge is -2.22. The molecule has 0 saturated heterocycles. The molecule has 0 spiro atoms. The van der Waals surface area contributed by atoms with Crippen molar-refractivity contribution in [3.63, 3.8) is 0 Å². The average molecular weight is 411 g/mol. The highest BCUT2D eigenvalue weighted by Gasteiger charge is 2.29. The lowest BCUT2D eigenvalue weighted by Crippen LogP contribution is -2.29. The van der Waals surface area contributed by atoms with Gasteiger partial charge in [0.15, 0.2) is 0 Å². The molecule has 0 saturated carbocycles. The molecule has 0 aliphatic heterocycles. The number of ether oxygens (including phenoxy) is 1. The van der Waals surface area contributed by atoms with Gasteiger partial charge in [-0.2, -0.15) is 0 Å². The van der Waals surface area contributed by atoms with Crippen molar-refractivity contribution in [3.8, 4) is 23.5 Å². The van der Waals surface area contributed by atoms with Gasteiger partial charge in [-0.25, -0.2) is 9.59 Å². The van der Waals surface area contributed by atoms with Crippen LogP contribution in [0.25, 0.3) is 11.1 Å². The third-order valence-electron chi connectivity index (χ3n) is 5.75. The molecule has 1 aliphatic rings. The summed E-state index contributed by atoms with van der Waals surface area (Å²) in [6, 6.07) is 19.1. The van der Waals surface area contributed by atoms with Gasteiger partial charge in [0.05, 0.1) is 11.3 Å². The summed E-state index contributed by atoms with van der Waals surface area (Å²) in [5, 5.41) is 9.37. The Morgan fingerprint density at radius 1 is 1.06 bits per heavy atom. The van der Waals surface area contributed by atoms with E-state index in [1.54, 1.807) is 14.0 Å². The van der Waals surface area contributed by atoms with E-state index in [4.69, 9.17) is 11.2 Å². The van der Waals surface area contributed by atoms with Gasteiger partial charge in [0, 0.05) is 18.5 Å². The second-order valence-corrected chi connectivity index (χ2v) is 7.48. The predicted octanol–water partition coefficient (Wildman–Crippen LogP) is 5.06. The maximum Gasteiger partial charge on any atom is 0.414 e. The molecule has 0 radical (unpaired) electrons. The summed E-state index contributed by atoms with van der Waals surface area (Å²) in [4.78, 5) is 25.6. The highest BCUT2D eigenvalue weighted by atomic mass is 16.6. The number of anilines is 1. The number of carboxylic acid groups (broad SMARTS) is 1. The Labute approximate surface area is 180 Å². The normalized spacial score (nSPS) is 11.9. The fourth-order valence-electron chi connectivity index (χ4n) is 4.11. The van der Waals surface area contributed by atoms with E-state index in [-0.39, 0.29) is 18.1 Å². The highest BCUT2D eigenvalue weighted by Crippen LogP contribution is 2.44. The maximum atomic E-state index is 12.9. The van der Waals surface area contributed by atoms with Crippen molar-refractivity contribution in [1.82, 2.24) is 0 Å². The Morgan fingerprint density at radius 3 is 2.19 bits per heavy atom. The van der Waals surface area contributed by atoms with Crippen LogP contribution in [0.15, 0.2) is 60.7 Å².